The highest BCUT2D eigenvalue weighted by atomic mass is 16.6. The molecule has 1 N–H and O–H groups in total. The first-order valence-corrected chi connectivity index (χ1v) is 5.71. The summed E-state index contributed by atoms with van der Waals surface area (Å²) in [5.74, 6) is -1.06. The first-order valence-electron chi connectivity index (χ1n) is 5.71. The van der Waals surface area contributed by atoms with E-state index in [-0.39, 0.29) is 28.6 Å². The van der Waals surface area contributed by atoms with Gasteiger partial charge in [-0.2, -0.15) is 0 Å². The molecule has 0 fully saturated rings. The molecule has 0 aliphatic heterocycles. The van der Waals surface area contributed by atoms with E-state index in [1.54, 1.807) is 0 Å². The Hall–Kier alpha value is -3.16. The molecule has 0 aliphatic rings. The van der Waals surface area contributed by atoms with Gasteiger partial charge in [0.2, 0.25) is 0 Å². The van der Waals surface area contributed by atoms with Gasteiger partial charge in [-0.3, -0.25) is 10.1 Å². The van der Waals surface area contributed by atoms with Gasteiger partial charge < -0.3 is 14.6 Å². The third kappa shape index (κ3) is 3.06. The fourth-order valence-electron chi connectivity index (χ4n) is 1.59. The van der Waals surface area contributed by atoms with Gasteiger partial charge in [0.15, 0.2) is 11.5 Å². The lowest BCUT2D eigenvalue weighted by atomic mass is 10.2. The summed E-state index contributed by atoms with van der Waals surface area (Å²) in [6, 6.07) is 6.57. The maximum atomic E-state index is 10.9. The van der Waals surface area contributed by atoms with Crippen molar-refractivity contribution in [2.24, 2.45) is 0 Å². The second kappa shape index (κ2) is 5.87. The average Bonchev–Trinajstić information content (AvgIpc) is 2.47. The molecule has 1 heterocycles. The topological polar surface area (TPSA) is 112 Å². The van der Waals surface area contributed by atoms with Crippen LogP contribution >= 0.6 is 0 Å². The first-order chi connectivity index (χ1) is 10.0. The quantitative estimate of drug-likeness (QED) is 0.664. The zero-order chi connectivity index (χ0) is 15.4. The average molecular weight is 290 g/mol. The third-order valence-corrected chi connectivity index (χ3v) is 2.56. The molecule has 0 atom stereocenters. The number of aromatic carboxylic acids is 1. The van der Waals surface area contributed by atoms with Crippen LogP contribution in [0.15, 0.2) is 36.5 Å². The summed E-state index contributed by atoms with van der Waals surface area (Å²) in [6.45, 7) is 0. The number of rotatable bonds is 5. The van der Waals surface area contributed by atoms with Gasteiger partial charge >= 0.3 is 11.7 Å². The van der Waals surface area contributed by atoms with E-state index < -0.39 is 10.9 Å². The van der Waals surface area contributed by atoms with Crippen LogP contribution in [0.2, 0.25) is 0 Å². The van der Waals surface area contributed by atoms with Crippen molar-refractivity contribution in [1.82, 2.24) is 4.98 Å². The maximum absolute atomic E-state index is 10.9. The Labute approximate surface area is 118 Å². The molecule has 0 amide bonds. The molecule has 0 saturated heterocycles. The standard InChI is InChI=1S/C13H10N2O6/c1-20-11-7-8(13(16)17)4-5-10(11)21-12-9(15(18)19)3-2-6-14-12/h2-7H,1H3,(H,16,17). The van der Waals surface area contributed by atoms with Crippen LogP contribution < -0.4 is 9.47 Å². The monoisotopic (exact) mass is 290 g/mol. The Morgan fingerprint density at radius 3 is 2.71 bits per heavy atom. The number of aromatic nitrogens is 1. The highest BCUT2D eigenvalue weighted by Gasteiger charge is 2.19. The Kier molecular flexibility index (Phi) is 3.98. The molecule has 0 bridgehead atoms. The van der Waals surface area contributed by atoms with Gasteiger partial charge in [0.1, 0.15) is 0 Å². The van der Waals surface area contributed by atoms with Gasteiger partial charge in [0.05, 0.1) is 17.6 Å². The molecule has 2 aromatic rings. The summed E-state index contributed by atoms with van der Waals surface area (Å²) < 4.78 is 10.4. The van der Waals surface area contributed by atoms with E-state index in [0.717, 1.165) is 0 Å². The van der Waals surface area contributed by atoms with Gasteiger partial charge in [-0.05, 0) is 24.3 Å². The summed E-state index contributed by atoms with van der Waals surface area (Å²) in [4.78, 5) is 24.9. The van der Waals surface area contributed by atoms with Gasteiger partial charge in [-0.15, -0.1) is 0 Å². The Morgan fingerprint density at radius 1 is 1.33 bits per heavy atom. The van der Waals surface area contributed by atoms with E-state index in [4.69, 9.17) is 14.6 Å². The largest absolute Gasteiger partial charge is 0.493 e. The number of carboxylic acid groups (broad SMARTS) is 1. The SMILES string of the molecule is COc1cc(C(=O)O)ccc1Oc1ncccc1[N+](=O)[O-]. The highest BCUT2D eigenvalue weighted by Crippen LogP contribution is 2.35. The number of nitrogens with zero attached hydrogens (tertiary/aromatic N) is 2. The van der Waals surface area contributed by atoms with Crippen LogP contribution in [0, 0.1) is 10.1 Å². The second-order valence-corrected chi connectivity index (χ2v) is 3.86. The smallest absolute Gasteiger partial charge is 0.335 e. The molecular formula is C13H10N2O6. The van der Waals surface area contributed by atoms with E-state index in [0.29, 0.717) is 0 Å². The van der Waals surface area contributed by atoms with Crippen molar-refractivity contribution < 1.29 is 24.3 Å². The summed E-state index contributed by atoms with van der Waals surface area (Å²) in [5.41, 5.74) is -0.295. The number of ether oxygens (including phenoxy) is 2. The molecule has 8 nitrogen and oxygen atoms in total. The minimum atomic E-state index is -1.12. The third-order valence-electron chi connectivity index (χ3n) is 2.56. The van der Waals surface area contributed by atoms with Crippen LogP contribution in [0.4, 0.5) is 5.69 Å². The predicted octanol–water partition coefficient (Wildman–Crippen LogP) is 2.49. The molecule has 108 valence electrons. The number of carboxylic acids is 1. The van der Waals surface area contributed by atoms with Crippen molar-refractivity contribution in [2.75, 3.05) is 7.11 Å². The van der Waals surface area contributed by atoms with Gasteiger partial charge in [-0.1, -0.05) is 0 Å². The van der Waals surface area contributed by atoms with E-state index >= 15 is 0 Å². The van der Waals surface area contributed by atoms with Crippen molar-refractivity contribution in [2.45, 2.75) is 0 Å². The zero-order valence-corrected chi connectivity index (χ0v) is 10.8. The predicted molar refractivity (Wildman–Crippen MR) is 70.9 cm³/mol. The minimum absolute atomic E-state index is 0.00900. The number of benzene rings is 1. The molecular weight excluding hydrogens is 280 g/mol. The number of carbonyl (C=O) groups is 1. The molecule has 0 radical (unpaired) electrons. The number of nitro groups is 1. The summed E-state index contributed by atoms with van der Waals surface area (Å²) >= 11 is 0. The van der Waals surface area contributed by atoms with Crippen molar-refractivity contribution >= 4 is 11.7 Å². The Morgan fingerprint density at radius 2 is 2.10 bits per heavy atom. The number of hydrogen-bond donors (Lipinski definition) is 1. The van der Waals surface area contributed by atoms with E-state index in [1.807, 2.05) is 0 Å². The van der Waals surface area contributed by atoms with Crippen molar-refractivity contribution in [3.8, 4) is 17.4 Å². The lowest BCUT2D eigenvalue weighted by Gasteiger charge is -2.10. The van der Waals surface area contributed by atoms with Gasteiger partial charge in [0.25, 0.3) is 5.88 Å². The van der Waals surface area contributed by atoms with Gasteiger partial charge in [0, 0.05) is 12.3 Å². The van der Waals surface area contributed by atoms with Crippen molar-refractivity contribution in [3.63, 3.8) is 0 Å². The number of pyridine rings is 1. The zero-order valence-electron chi connectivity index (χ0n) is 10.8. The van der Waals surface area contributed by atoms with E-state index in [9.17, 15) is 14.9 Å². The summed E-state index contributed by atoms with van der Waals surface area (Å²) in [7, 11) is 1.33. The van der Waals surface area contributed by atoms with Crippen LogP contribution in [0.3, 0.4) is 0 Å². The fourth-order valence-corrected chi connectivity index (χ4v) is 1.59. The van der Waals surface area contributed by atoms with Crippen LogP contribution in [0.1, 0.15) is 10.4 Å². The molecule has 1 aromatic heterocycles. The summed E-state index contributed by atoms with van der Waals surface area (Å²) in [5, 5.41) is 19.8. The normalized spacial score (nSPS) is 9.95. The molecule has 0 aliphatic carbocycles. The lowest BCUT2D eigenvalue weighted by molar-refractivity contribution is -0.386. The molecule has 21 heavy (non-hydrogen) atoms. The Bertz CT molecular complexity index is 701. The summed E-state index contributed by atoms with van der Waals surface area (Å²) in [6.07, 6.45) is 1.35. The van der Waals surface area contributed by atoms with Crippen LogP contribution in [-0.2, 0) is 0 Å². The van der Waals surface area contributed by atoms with Gasteiger partial charge in [-0.25, -0.2) is 9.78 Å². The van der Waals surface area contributed by atoms with Crippen molar-refractivity contribution in [1.29, 1.82) is 0 Å². The van der Waals surface area contributed by atoms with Crippen LogP contribution in [-0.4, -0.2) is 28.1 Å². The molecule has 0 unspecified atom stereocenters. The molecule has 8 heteroatoms. The van der Waals surface area contributed by atoms with E-state index in [2.05, 4.69) is 4.98 Å². The number of hydrogen-bond acceptors (Lipinski definition) is 6. The molecule has 0 saturated carbocycles. The number of methoxy groups -OCH3 is 1. The molecule has 2 rings (SSSR count). The second-order valence-electron chi connectivity index (χ2n) is 3.86. The lowest BCUT2D eigenvalue weighted by Crippen LogP contribution is -2.00. The van der Waals surface area contributed by atoms with Crippen LogP contribution in [0.5, 0.6) is 17.4 Å². The van der Waals surface area contributed by atoms with Crippen molar-refractivity contribution in [3.05, 3.63) is 52.2 Å². The molecule has 1 aromatic carbocycles. The minimum Gasteiger partial charge on any atom is -0.493 e. The fraction of sp³-hybridized carbons (Fsp3) is 0.0769. The molecule has 0 spiro atoms. The van der Waals surface area contributed by atoms with E-state index in [1.165, 1.54) is 43.6 Å². The Balaban J connectivity index is 2.40. The maximum Gasteiger partial charge on any atom is 0.335 e. The highest BCUT2D eigenvalue weighted by molar-refractivity contribution is 5.88. The first kappa shape index (κ1) is 14.3. The van der Waals surface area contributed by atoms with Crippen LogP contribution in [0.25, 0.3) is 0 Å².